The molecule has 1 unspecified atom stereocenters. The van der Waals surface area contributed by atoms with E-state index >= 15 is 0 Å². The Hall–Kier alpha value is -6.75. The van der Waals surface area contributed by atoms with E-state index in [1.165, 1.54) is 98.4 Å². The summed E-state index contributed by atoms with van der Waals surface area (Å²) in [4.78, 5) is 1.35. The Bertz CT molecular complexity index is 3360. The Balaban J connectivity index is 0.927. The standard InChI is InChI=1S/C52H35N3S/c1-3-13-37(14-4-1)53-45-20-10-7-17-39(45)42-31-34(23-26-48(42)53)35-24-27-50-43(32-35)41-19-9-12-22-47(41)55(50)52-30-29-51(56-52)36-25-28-49-44(33-36)40-18-8-11-21-46(40)54(49)38-15-5-2-6-16-38/h1-29,31-33,52H,30H2. The van der Waals surface area contributed by atoms with Crippen molar-refractivity contribution in [2.45, 2.75) is 11.8 Å². The summed E-state index contributed by atoms with van der Waals surface area (Å²) in [7, 11) is 0. The van der Waals surface area contributed by atoms with Gasteiger partial charge < -0.3 is 13.7 Å². The van der Waals surface area contributed by atoms with Crippen LogP contribution in [0, 0.1) is 0 Å². The molecule has 8 aromatic carbocycles. The van der Waals surface area contributed by atoms with Crippen LogP contribution in [-0.2, 0) is 0 Å². The minimum Gasteiger partial charge on any atom is -0.327 e. The topological polar surface area (TPSA) is 14.8 Å². The van der Waals surface area contributed by atoms with Gasteiger partial charge in [-0.25, -0.2) is 0 Å². The highest BCUT2D eigenvalue weighted by Crippen LogP contribution is 2.50. The minimum absolute atomic E-state index is 0.264. The van der Waals surface area contributed by atoms with Crippen molar-refractivity contribution in [1.82, 2.24) is 13.7 Å². The molecule has 3 aromatic heterocycles. The first-order valence-corrected chi connectivity index (χ1v) is 20.2. The van der Waals surface area contributed by atoms with E-state index in [4.69, 9.17) is 0 Å². The lowest BCUT2D eigenvalue weighted by atomic mass is 10.0. The molecular formula is C52H35N3S. The molecule has 11 aromatic rings. The fraction of sp³-hybridized carbons (Fsp3) is 0.0385. The number of fused-ring (bicyclic) bond motifs is 9. The smallest absolute Gasteiger partial charge is 0.0880 e. The number of hydrogen-bond donors (Lipinski definition) is 0. The molecule has 0 radical (unpaired) electrons. The maximum Gasteiger partial charge on any atom is 0.0880 e. The first-order chi connectivity index (χ1) is 27.8. The molecule has 4 heterocycles. The van der Waals surface area contributed by atoms with Crippen LogP contribution >= 0.6 is 11.8 Å². The predicted molar refractivity (Wildman–Crippen MR) is 239 cm³/mol. The summed E-state index contributed by atoms with van der Waals surface area (Å²) in [6, 6.07) is 69.0. The quantitative estimate of drug-likeness (QED) is 0.172. The van der Waals surface area contributed by atoms with Gasteiger partial charge in [-0.05, 0) is 102 Å². The second-order valence-electron chi connectivity index (χ2n) is 14.8. The second kappa shape index (κ2) is 12.4. The summed E-state index contributed by atoms with van der Waals surface area (Å²) < 4.78 is 7.35. The van der Waals surface area contributed by atoms with Crippen LogP contribution in [0.4, 0.5) is 0 Å². The zero-order valence-corrected chi connectivity index (χ0v) is 31.3. The average molecular weight is 734 g/mol. The SMILES string of the molecule is C1=C(c2ccc3c(c2)c2ccccc2n3-c2ccccc2)SC(n2c3ccccc3c3cc(-c4ccc5c(c4)c4ccccc4n5-c4ccccc4)ccc32)C1. The summed E-state index contributed by atoms with van der Waals surface area (Å²) in [6.45, 7) is 0. The van der Waals surface area contributed by atoms with Crippen molar-refractivity contribution in [3.8, 4) is 22.5 Å². The third-order valence-electron chi connectivity index (χ3n) is 11.8. The van der Waals surface area contributed by atoms with Crippen molar-refractivity contribution in [3.05, 3.63) is 200 Å². The van der Waals surface area contributed by atoms with E-state index in [0.29, 0.717) is 0 Å². The van der Waals surface area contributed by atoms with E-state index in [0.717, 1.165) is 6.42 Å². The van der Waals surface area contributed by atoms with E-state index in [2.05, 4.69) is 208 Å². The van der Waals surface area contributed by atoms with Crippen LogP contribution in [-0.4, -0.2) is 13.7 Å². The zero-order chi connectivity index (χ0) is 36.7. The first-order valence-electron chi connectivity index (χ1n) is 19.4. The van der Waals surface area contributed by atoms with Gasteiger partial charge in [0, 0.05) is 48.6 Å². The zero-order valence-electron chi connectivity index (χ0n) is 30.5. The van der Waals surface area contributed by atoms with Gasteiger partial charge in [-0.15, -0.1) is 11.8 Å². The van der Waals surface area contributed by atoms with Gasteiger partial charge in [-0.3, -0.25) is 0 Å². The van der Waals surface area contributed by atoms with Crippen LogP contribution in [0.2, 0.25) is 0 Å². The maximum absolute atomic E-state index is 2.58. The van der Waals surface area contributed by atoms with E-state index in [9.17, 15) is 0 Å². The lowest BCUT2D eigenvalue weighted by Gasteiger charge is -2.16. The molecule has 1 aliphatic rings. The first kappa shape index (κ1) is 31.6. The number of nitrogens with zero attached hydrogens (tertiary/aromatic N) is 3. The summed E-state index contributed by atoms with van der Waals surface area (Å²) in [5.41, 5.74) is 13.6. The highest BCUT2D eigenvalue weighted by Gasteiger charge is 2.25. The summed E-state index contributed by atoms with van der Waals surface area (Å²) >= 11 is 1.99. The van der Waals surface area contributed by atoms with Gasteiger partial charge in [0.2, 0.25) is 0 Å². The molecule has 3 nitrogen and oxygen atoms in total. The molecule has 12 rings (SSSR count). The monoisotopic (exact) mass is 733 g/mol. The number of thioether (sulfide) groups is 1. The number of benzene rings is 8. The summed E-state index contributed by atoms with van der Waals surface area (Å²) in [5, 5.41) is 7.98. The number of para-hydroxylation sites is 5. The Kier molecular flexibility index (Phi) is 6.99. The average Bonchev–Trinajstić information content (AvgIpc) is 4.04. The fourth-order valence-corrected chi connectivity index (χ4v) is 10.6. The molecule has 0 aliphatic carbocycles. The number of hydrogen-bond acceptors (Lipinski definition) is 1. The molecular weight excluding hydrogens is 699 g/mol. The highest BCUT2D eigenvalue weighted by atomic mass is 32.2. The van der Waals surface area contributed by atoms with Crippen molar-refractivity contribution in [1.29, 1.82) is 0 Å². The molecule has 0 saturated carbocycles. The molecule has 0 bridgehead atoms. The largest absolute Gasteiger partial charge is 0.327 e. The van der Waals surface area contributed by atoms with E-state index in [1.54, 1.807) is 0 Å². The van der Waals surface area contributed by atoms with Crippen LogP contribution in [0.3, 0.4) is 0 Å². The number of allylic oxidation sites excluding steroid dienone is 1. The van der Waals surface area contributed by atoms with Gasteiger partial charge in [0.15, 0.2) is 0 Å². The normalized spacial score (nSPS) is 14.6. The van der Waals surface area contributed by atoms with Gasteiger partial charge in [-0.1, -0.05) is 115 Å². The maximum atomic E-state index is 2.58. The molecule has 0 saturated heterocycles. The van der Waals surface area contributed by atoms with Gasteiger partial charge in [0.1, 0.15) is 0 Å². The van der Waals surface area contributed by atoms with Gasteiger partial charge >= 0.3 is 0 Å². The van der Waals surface area contributed by atoms with Crippen molar-refractivity contribution in [2.24, 2.45) is 0 Å². The van der Waals surface area contributed by atoms with E-state index < -0.39 is 0 Å². The summed E-state index contributed by atoms with van der Waals surface area (Å²) in [6.07, 6.45) is 3.42. The summed E-state index contributed by atoms with van der Waals surface area (Å²) in [5.74, 6) is 0. The third-order valence-corrected chi connectivity index (χ3v) is 13.1. The van der Waals surface area contributed by atoms with Crippen LogP contribution in [0.5, 0.6) is 0 Å². The van der Waals surface area contributed by atoms with E-state index in [1.807, 2.05) is 11.8 Å². The molecule has 1 aliphatic heterocycles. The Labute approximate surface area is 328 Å². The molecule has 0 fully saturated rings. The lowest BCUT2D eigenvalue weighted by Crippen LogP contribution is -2.01. The predicted octanol–water partition coefficient (Wildman–Crippen LogP) is 14.3. The van der Waals surface area contributed by atoms with Crippen LogP contribution in [0.25, 0.3) is 92.8 Å². The third kappa shape index (κ3) is 4.73. The molecule has 4 heteroatoms. The van der Waals surface area contributed by atoms with Crippen LogP contribution < -0.4 is 0 Å². The Morgan fingerprint density at radius 1 is 0.357 bits per heavy atom. The molecule has 0 amide bonds. The van der Waals surface area contributed by atoms with Crippen LogP contribution in [0.1, 0.15) is 17.4 Å². The minimum atomic E-state index is 0.264. The lowest BCUT2D eigenvalue weighted by molar-refractivity contribution is 0.748. The van der Waals surface area contributed by atoms with Crippen molar-refractivity contribution >= 4 is 82.1 Å². The number of rotatable bonds is 5. The van der Waals surface area contributed by atoms with Crippen LogP contribution in [0.15, 0.2) is 194 Å². The Morgan fingerprint density at radius 2 is 0.750 bits per heavy atom. The number of aromatic nitrogens is 3. The molecule has 264 valence electrons. The van der Waals surface area contributed by atoms with Gasteiger partial charge in [0.25, 0.3) is 0 Å². The Morgan fingerprint density at radius 3 is 1.32 bits per heavy atom. The molecule has 1 atom stereocenters. The molecule has 0 spiro atoms. The van der Waals surface area contributed by atoms with Crippen molar-refractivity contribution in [2.75, 3.05) is 0 Å². The molecule has 56 heavy (non-hydrogen) atoms. The fourth-order valence-electron chi connectivity index (χ4n) is 9.28. The van der Waals surface area contributed by atoms with Gasteiger partial charge in [-0.2, -0.15) is 0 Å². The molecule has 0 N–H and O–H groups in total. The van der Waals surface area contributed by atoms with Crippen molar-refractivity contribution in [3.63, 3.8) is 0 Å². The van der Waals surface area contributed by atoms with Crippen molar-refractivity contribution < 1.29 is 0 Å². The van der Waals surface area contributed by atoms with Gasteiger partial charge in [0.05, 0.1) is 38.5 Å². The van der Waals surface area contributed by atoms with E-state index in [-0.39, 0.29) is 5.37 Å². The second-order valence-corrected chi connectivity index (χ2v) is 16.1. The highest BCUT2D eigenvalue weighted by molar-refractivity contribution is 8.08.